The van der Waals surface area contributed by atoms with Crippen LogP contribution in [0.5, 0.6) is 5.75 Å². The van der Waals surface area contributed by atoms with Gasteiger partial charge >= 0.3 is 18.1 Å². The van der Waals surface area contributed by atoms with E-state index in [0.717, 1.165) is 13.1 Å². The van der Waals surface area contributed by atoms with Crippen LogP contribution in [0.3, 0.4) is 0 Å². The van der Waals surface area contributed by atoms with Crippen LogP contribution in [0.4, 0.5) is 13.2 Å². The van der Waals surface area contributed by atoms with Crippen LogP contribution in [0.15, 0.2) is 24.3 Å². The number of amides is 1. The van der Waals surface area contributed by atoms with E-state index in [1.807, 2.05) is 0 Å². The van der Waals surface area contributed by atoms with E-state index < -0.39 is 49.1 Å². The molecule has 2 rings (SSSR count). The molecule has 35 heavy (non-hydrogen) atoms. The summed E-state index contributed by atoms with van der Waals surface area (Å²) >= 11 is 0. The number of hydrogen-bond acceptors (Lipinski definition) is 9. The Balaban J connectivity index is 2.01. The Kier molecular flexibility index (Phi) is 10.9. The summed E-state index contributed by atoms with van der Waals surface area (Å²) in [7, 11) is 0. The van der Waals surface area contributed by atoms with Gasteiger partial charge in [0.25, 0.3) is 0 Å². The molecule has 1 saturated heterocycles. The van der Waals surface area contributed by atoms with Crippen LogP contribution in [0.25, 0.3) is 0 Å². The molecule has 1 aromatic rings. The highest BCUT2D eigenvalue weighted by Crippen LogP contribution is 2.18. The number of esters is 2. The van der Waals surface area contributed by atoms with Crippen molar-refractivity contribution in [2.75, 3.05) is 39.5 Å². The number of piperidine rings is 1. The normalized spacial score (nSPS) is 15.1. The molecule has 10 nitrogen and oxygen atoms in total. The molecule has 1 aliphatic heterocycles. The highest BCUT2D eigenvalue weighted by Gasteiger charge is 2.41. The Morgan fingerprint density at radius 1 is 1.06 bits per heavy atom. The molecule has 1 aliphatic rings. The molecule has 1 atom stereocenters. The van der Waals surface area contributed by atoms with Gasteiger partial charge in [-0.3, -0.25) is 9.59 Å². The fraction of sp³-hybridized carbons (Fsp3) is 0.545. The molecule has 194 valence electrons. The Bertz CT molecular complexity index is 870. The molecule has 0 aliphatic carbocycles. The molecule has 0 spiro atoms. The van der Waals surface area contributed by atoms with Gasteiger partial charge in [0.2, 0.25) is 5.91 Å². The van der Waals surface area contributed by atoms with Gasteiger partial charge in [0.1, 0.15) is 25.0 Å². The first-order valence-electron chi connectivity index (χ1n) is 10.9. The monoisotopic (exact) mass is 504 g/mol. The molecule has 1 amide bonds. The van der Waals surface area contributed by atoms with E-state index >= 15 is 0 Å². The van der Waals surface area contributed by atoms with Crippen molar-refractivity contribution in [2.24, 2.45) is 0 Å². The van der Waals surface area contributed by atoms with E-state index in [1.54, 1.807) is 6.92 Å². The lowest BCUT2D eigenvalue weighted by Gasteiger charge is -2.23. The number of nitrogens with one attached hydrogen (secondary N) is 2. The number of benzene rings is 1. The quantitative estimate of drug-likeness (QED) is 0.318. The number of rotatable bonds is 12. The molecule has 0 bridgehead atoms. The van der Waals surface area contributed by atoms with E-state index in [1.165, 1.54) is 24.3 Å². The van der Waals surface area contributed by atoms with Crippen molar-refractivity contribution in [1.29, 1.82) is 0 Å². The van der Waals surface area contributed by atoms with E-state index in [0.29, 0.717) is 12.8 Å². The predicted octanol–water partition coefficient (Wildman–Crippen LogP) is 1.17. The summed E-state index contributed by atoms with van der Waals surface area (Å²) in [6, 6.07) is 3.70. The van der Waals surface area contributed by atoms with E-state index in [9.17, 15) is 32.3 Å². The second-order valence-corrected chi connectivity index (χ2v) is 7.46. The summed E-state index contributed by atoms with van der Waals surface area (Å²) in [4.78, 5) is 47.6. The number of carbonyl (C=O) groups is 4. The molecule has 2 N–H and O–H groups in total. The lowest BCUT2D eigenvalue weighted by atomic mass is 10.0. The molecule has 0 radical (unpaired) electrons. The van der Waals surface area contributed by atoms with Crippen molar-refractivity contribution in [3.63, 3.8) is 0 Å². The van der Waals surface area contributed by atoms with Gasteiger partial charge < -0.3 is 29.6 Å². The third-order valence-corrected chi connectivity index (χ3v) is 4.80. The minimum absolute atomic E-state index is 0.00103. The second kappa shape index (κ2) is 13.6. The summed E-state index contributed by atoms with van der Waals surface area (Å²) in [5.74, 6) is -4.40. The first kappa shape index (κ1) is 28.1. The molecule has 0 saturated carbocycles. The number of halogens is 3. The number of hydrogen-bond donors (Lipinski definition) is 2. The third kappa shape index (κ3) is 9.91. The van der Waals surface area contributed by atoms with E-state index in [-0.39, 0.29) is 30.6 Å². The van der Waals surface area contributed by atoms with Crippen LogP contribution < -0.4 is 15.4 Å². The van der Waals surface area contributed by atoms with Crippen molar-refractivity contribution in [3.8, 4) is 5.75 Å². The van der Waals surface area contributed by atoms with Gasteiger partial charge in [-0.2, -0.15) is 13.2 Å². The zero-order chi connectivity index (χ0) is 25.8. The number of alkyl halides is 3. The molecule has 13 heteroatoms. The summed E-state index contributed by atoms with van der Waals surface area (Å²) in [6.45, 7) is 1.47. The van der Waals surface area contributed by atoms with Gasteiger partial charge in [-0.1, -0.05) is 0 Å². The SMILES string of the molecule is CCOC(=O)COc1ccc(C(=O)[C@H](COC(=O)C(F)(F)F)NC(=O)COC2CCNCC2)cc1. The van der Waals surface area contributed by atoms with Crippen molar-refractivity contribution >= 4 is 23.6 Å². The molecular formula is C22H27F3N2O8. The van der Waals surface area contributed by atoms with Crippen LogP contribution in [-0.2, 0) is 28.6 Å². The Morgan fingerprint density at radius 3 is 2.31 bits per heavy atom. The van der Waals surface area contributed by atoms with Gasteiger partial charge in [-0.15, -0.1) is 0 Å². The van der Waals surface area contributed by atoms with Gasteiger partial charge in [-0.25, -0.2) is 9.59 Å². The molecule has 1 aromatic carbocycles. The van der Waals surface area contributed by atoms with Crippen molar-refractivity contribution in [1.82, 2.24) is 10.6 Å². The first-order chi connectivity index (χ1) is 16.6. The second-order valence-electron chi connectivity index (χ2n) is 7.46. The number of ether oxygens (including phenoxy) is 4. The van der Waals surface area contributed by atoms with Crippen molar-refractivity contribution in [2.45, 2.75) is 38.1 Å². The molecule has 1 fully saturated rings. The maximum Gasteiger partial charge on any atom is 0.490 e. The summed E-state index contributed by atoms with van der Waals surface area (Å²) in [5, 5.41) is 5.40. The van der Waals surface area contributed by atoms with Crippen molar-refractivity contribution in [3.05, 3.63) is 29.8 Å². The number of carbonyl (C=O) groups excluding carboxylic acids is 4. The molecule has 1 heterocycles. The molecule has 0 unspecified atom stereocenters. The maximum absolute atomic E-state index is 12.9. The summed E-state index contributed by atoms with van der Waals surface area (Å²) in [5.41, 5.74) is 0.00103. The lowest BCUT2D eigenvalue weighted by Crippen LogP contribution is -2.47. The van der Waals surface area contributed by atoms with Crippen molar-refractivity contribution < 1.29 is 51.3 Å². The Labute approximate surface area is 199 Å². The van der Waals surface area contributed by atoms with Crippen LogP contribution in [0.1, 0.15) is 30.1 Å². The average molecular weight is 504 g/mol. The average Bonchev–Trinajstić information content (AvgIpc) is 2.84. The van der Waals surface area contributed by atoms with Gasteiger partial charge in [0, 0.05) is 5.56 Å². The number of ketones is 1. The smallest absolute Gasteiger partial charge is 0.482 e. The summed E-state index contributed by atoms with van der Waals surface area (Å²) < 4.78 is 57.2. The van der Waals surface area contributed by atoms with Gasteiger partial charge in [0.15, 0.2) is 12.4 Å². The zero-order valence-electron chi connectivity index (χ0n) is 19.0. The lowest BCUT2D eigenvalue weighted by molar-refractivity contribution is -0.200. The third-order valence-electron chi connectivity index (χ3n) is 4.80. The van der Waals surface area contributed by atoms with Crippen LogP contribution in [-0.4, -0.2) is 81.5 Å². The topological polar surface area (TPSA) is 129 Å². The molecular weight excluding hydrogens is 477 g/mol. The Hall–Kier alpha value is -3.19. The van der Waals surface area contributed by atoms with Crippen LogP contribution in [0, 0.1) is 0 Å². The first-order valence-corrected chi connectivity index (χ1v) is 10.9. The van der Waals surface area contributed by atoms with Crippen LogP contribution >= 0.6 is 0 Å². The maximum atomic E-state index is 12.9. The predicted molar refractivity (Wildman–Crippen MR) is 114 cm³/mol. The zero-order valence-corrected chi connectivity index (χ0v) is 19.0. The minimum atomic E-state index is -5.26. The summed E-state index contributed by atoms with van der Waals surface area (Å²) in [6.07, 6.45) is -4.05. The standard InChI is InChI=1S/C22H27F3N2O8/c1-2-32-19(29)13-34-15-5-3-14(4-6-15)20(30)17(11-35-21(31)22(23,24)25)27-18(28)12-33-16-7-9-26-10-8-16/h3-6,16-17,26H,2,7-13H2,1H3,(H,27,28)/t17-/m0/s1. The molecule has 0 aromatic heterocycles. The van der Waals surface area contributed by atoms with Gasteiger partial charge in [-0.05, 0) is 57.1 Å². The minimum Gasteiger partial charge on any atom is -0.482 e. The Morgan fingerprint density at radius 2 is 1.71 bits per heavy atom. The largest absolute Gasteiger partial charge is 0.490 e. The van der Waals surface area contributed by atoms with E-state index in [4.69, 9.17) is 14.2 Å². The van der Waals surface area contributed by atoms with Gasteiger partial charge in [0.05, 0.1) is 12.7 Å². The highest BCUT2D eigenvalue weighted by molar-refractivity contribution is 6.02. The highest BCUT2D eigenvalue weighted by atomic mass is 19.4. The number of Topliss-reactive ketones (excluding diaryl/α,β-unsaturated/α-hetero) is 1. The van der Waals surface area contributed by atoms with E-state index in [2.05, 4.69) is 15.4 Å². The fourth-order valence-corrected chi connectivity index (χ4v) is 3.08. The van der Waals surface area contributed by atoms with Crippen LogP contribution in [0.2, 0.25) is 0 Å². The fourth-order valence-electron chi connectivity index (χ4n) is 3.08.